The fourth-order valence-corrected chi connectivity index (χ4v) is 3.18. The molecule has 0 saturated carbocycles. The Morgan fingerprint density at radius 3 is 2.76 bits per heavy atom. The van der Waals surface area contributed by atoms with Gasteiger partial charge in [-0.1, -0.05) is 13.8 Å². The van der Waals surface area contributed by atoms with Gasteiger partial charge in [-0.15, -0.1) is 0 Å². The fraction of sp³-hybridized carbons (Fsp3) is 0.688. The van der Waals surface area contributed by atoms with Crippen LogP contribution in [0.3, 0.4) is 0 Å². The zero-order valence-electron chi connectivity index (χ0n) is 14.4. The lowest BCUT2D eigenvalue weighted by molar-refractivity contribution is -0.0486. The molecular formula is C16H25N5O4. The molecule has 1 unspecified atom stereocenters. The summed E-state index contributed by atoms with van der Waals surface area (Å²) in [5.41, 5.74) is 1.08. The zero-order chi connectivity index (χ0) is 18.0. The second kappa shape index (κ2) is 7.61. The number of aliphatic hydroxyl groups excluding tert-OH is 3. The van der Waals surface area contributed by atoms with Gasteiger partial charge in [-0.05, 0) is 12.3 Å². The predicted molar refractivity (Wildman–Crippen MR) is 90.9 cm³/mol. The van der Waals surface area contributed by atoms with E-state index < -0.39 is 18.4 Å². The van der Waals surface area contributed by atoms with E-state index in [0.29, 0.717) is 29.3 Å². The molecule has 1 fully saturated rings. The van der Waals surface area contributed by atoms with Crippen LogP contribution in [0.2, 0.25) is 0 Å². The lowest BCUT2D eigenvalue weighted by atomic mass is 10.0. The molecule has 4 atom stereocenters. The number of aromatic nitrogens is 4. The van der Waals surface area contributed by atoms with Gasteiger partial charge < -0.3 is 25.4 Å². The molecule has 138 valence electrons. The minimum atomic E-state index is -0.743. The molecule has 1 aliphatic heterocycles. The molecular weight excluding hydrogens is 326 g/mol. The SMILES string of the molecule is CC(C)C[C@@H](CO)Nc1ncnc2c1ncn2[C@@H]1O[C@H](CO)CC1O. The Kier molecular flexibility index (Phi) is 5.48. The van der Waals surface area contributed by atoms with Crippen molar-refractivity contribution in [3.05, 3.63) is 12.7 Å². The standard InChI is InChI=1S/C16H25N5O4/c1-9(2)3-10(5-22)20-14-13-15(18-7-17-14)21(8-19-13)16-12(24)4-11(6-23)25-16/h7-12,16,22-24H,3-6H2,1-2H3,(H,17,18,20)/t10-,11-,12?,16+/m0/s1. The number of hydrogen-bond acceptors (Lipinski definition) is 8. The number of nitrogens with zero attached hydrogens (tertiary/aromatic N) is 4. The Labute approximate surface area is 145 Å². The minimum absolute atomic E-state index is 0.00693. The molecule has 2 aromatic heterocycles. The number of fused-ring (bicyclic) bond motifs is 1. The lowest BCUT2D eigenvalue weighted by Crippen LogP contribution is -2.26. The smallest absolute Gasteiger partial charge is 0.167 e. The van der Waals surface area contributed by atoms with Crippen molar-refractivity contribution in [2.45, 2.75) is 51.2 Å². The monoisotopic (exact) mass is 351 g/mol. The van der Waals surface area contributed by atoms with Gasteiger partial charge >= 0.3 is 0 Å². The van der Waals surface area contributed by atoms with Crippen molar-refractivity contribution in [3.8, 4) is 0 Å². The second-order valence-corrected chi connectivity index (χ2v) is 6.83. The third-order valence-electron chi connectivity index (χ3n) is 4.32. The summed E-state index contributed by atoms with van der Waals surface area (Å²) in [6.45, 7) is 4.03. The third kappa shape index (κ3) is 3.74. The van der Waals surface area contributed by atoms with Crippen LogP contribution in [-0.2, 0) is 4.74 Å². The van der Waals surface area contributed by atoms with E-state index in [-0.39, 0.29) is 19.3 Å². The van der Waals surface area contributed by atoms with E-state index in [2.05, 4.69) is 34.1 Å². The third-order valence-corrected chi connectivity index (χ3v) is 4.32. The van der Waals surface area contributed by atoms with Crippen molar-refractivity contribution in [2.24, 2.45) is 5.92 Å². The first kappa shape index (κ1) is 18.0. The molecule has 2 aromatic rings. The molecule has 0 bridgehead atoms. The molecule has 0 spiro atoms. The Balaban J connectivity index is 1.87. The topological polar surface area (TPSA) is 126 Å². The highest BCUT2D eigenvalue weighted by Gasteiger charge is 2.36. The highest BCUT2D eigenvalue weighted by molar-refractivity contribution is 5.82. The Bertz CT molecular complexity index is 707. The molecule has 0 aromatic carbocycles. The molecule has 3 heterocycles. The molecule has 3 rings (SSSR count). The summed E-state index contributed by atoms with van der Waals surface area (Å²) < 4.78 is 7.32. The fourth-order valence-electron chi connectivity index (χ4n) is 3.18. The maximum atomic E-state index is 10.2. The summed E-state index contributed by atoms with van der Waals surface area (Å²) in [7, 11) is 0. The number of hydrogen-bond donors (Lipinski definition) is 4. The van der Waals surface area contributed by atoms with E-state index in [1.807, 2.05) is 0 Å². The average molecular weight is 351 g/mol. The van der Waals surface area contributed by atoms with E-state index in [0.717, 1.165) is 6.42 Å². The molecule has 25 heavy (non-hydrogen) atoms. The first-order chi connectivity index (χ1) is 12.0. The summed E-state index contributed by atoms with van der Waals surface area (Å²) in [6.07, 6.45) is 2.33. The van der Waals surface area contributed by atoms with Crippen molar-refractivity contribution in [3.63, 3.8) is 0 Å². The molecule has 0 aliphatic carbocycles. The minimum Gasteiger partial charge on any atom is -0.394 e. The average Bonchev–Trinajstić information content (AvgIpc) is 3.17. The molecule has 1 saturated heterocycles. The quantitative estimate of drug-likeness (QED) is 0.561. The first-order valence-electron chi connectivity index (χ1n) is 8.52. The summed E-state index contributed by atoms with van der Waals surface area (Å²) >= 11 is 0. The number of anilines is 1. The number of aliphatic hydroxyl groups is 3. The molecule has 9 heteroatoms. The summed E-state index contributed by atoms with van der Waals surface area (Å²) in [5.74, 6) is 0.964. The maximum absolute atomic E-state index is 10.2. The normalized spacial score (nSPS) is 25.0. The van der Waals surface area contributed by atoms with Gasteiger partial charge in [-0.2, -0.15) is 0 Å². The van der Waals surface area contributed by atoms with Crippen LogP contribution in [0.4, 0.5) is 5.82 Å². The molecule has 9 nitrogen and oxygen atoms in total. The first-order valence-corrected chi connectivity index (χ1v) is 8.52. The highest BCUT2D eigenvalue weighted by Crippen LogP contribution is 2.31. The van der Waals surface area contributed by atoms with Crippen LogP contribution >= 0.6 is 0 Å². The van der Waals surface area contributed by atoms with E-state index >= 15 is 0 Å². The highest BCUT2D eigenvalue weighted by atomic mass is 16.5. The number of nitrogens with one attached hydrogen (secondary N) is 1. The van der Waals surface area contributed by atoms with Gasteiger partial charge in [0.1, 0.15) is 12.4 Å². The van der Waals surface area contributed by atoms with Crippen molar-refractivity contribution >= 4 is 17.0 Å². The van der Waals surface area contributed by atoms with Crippen LogP contribution in [0.5, 0.6) is 0 Å². The van der Waals surface area contributed by atoms with E-state index in [9.17, 15) is 15.3 Å². The lowest BCUT2D eigenvalue weighted by Gasteiger charge is -2.19. The van der Waals surface area contributed by atoms with Crippen LogP contribution in [0.25, 0.3) is 11.2 Å². The summed E-state index contributed by atoms with van der Waals surface area (Å²) in [5, 5.41) is 32.2. The number of ether oxygens (including phenoxy) is 1. The van der Waals surface area contributed by atoms with Gasteiger partial charge in [-0.3, -0.25) is 4.57 Å². The van der Waals surface area contributed by atoms with E-state index in [1.54, 1.807) is 10.9 Å². The van der Waals surface area contributed by atoms with Gasteiger partial charge in [0.25, 0.3) is 0 Å². The van der Waals surface area contributed by atoms with Crippen LogP contribution in [0.15, 0.2) is 12.7 Å². The van der Waals surface area contributed by atoms with Crippen LogP contribution in [-0.4, -0.2) is 66.3 Å². The van der Waals surface area contributed by atoms with Gasteiger partial charge in [0.2, 0.25) is 0 Å². The maximum Gasteiger partial charge on any atom is 0.167 e. The Morgan fingerprint density at radius 1 is 1.32 bits per heavy atom. The van der Waals surface area contributed by atoms with Crippen LogP contribution in [0, 0.1) is 5.92 Å². The van der Waals surface area contributed by atoms with Crippen molar-refractivity contribution < 1.29 is 20.1 Å². The van der Waals surface area contributed by atoms with E-state index in [1.165, 1.54) is 6.33 Å². The van der Waals surface area contributed by atoms with Gasteiger partial charge in [0.15, 0.2) is 23.2 Å². The largest absolute Gasteiger partial charge is 0.394 e. The van der Waals surface area contributed by atoms with Crippen molar-refractivity contribution in [1.82, 2.24) is 19.5 Å². The van der Waals surface area contributed by atoms with Crippen molar-refractivity contribution in [2.75, 3.05) is 18.5 Å². The van der Waals surface area contributed by atoms with Gasteiger partial charge in [0.05, 0.1) is 31.7 Å². The van der Waals surface area contributed by atoms with Gasteiger partial charge in [-0.25, -0.2) is 15.0 Å². The second-order valence-electron chi connectivity index (χ2n) is 6.83. The summed E-state index contributed by atoms with van der Waals surface area (Å²) in [6, 6.07) is -0.129. The molecule has 4 N–H and O–H groups in total. The van der Waals surface area contributed by atoms with Crippen LogP contribution in [0.1, 0.15) is 32.9 Å². The van der Waals surface area contributed by atoms with Crippen LogP contribution < -0.4 is 5.32 Å². The van der Waals surface area contributed by atoms with E-state index in [4.69, 9.17) is 4.74 Å². The zero-order valence-corrected chi connectivity index (χ0v) is 14.4. The predicted octanol–water partition coefficient (Wildman–Crippen LogP) is 0.286. The summed E-state index contributed by atoms with van der Waals surface area (Å²) in [4.78, 5) is 12.9. The van der Waals surface area contributed by atoms with Gasteiger partial charge in [0, 0.05) is 6.42 Å². The number of imidazole rings is 1. The molecule has 0 radical (unpaired) electrons. The van der Waals surface area contributed by atoms with Crippen molar-refractivity contribution in [1.29, 1.82) is 0 Å². The molecule has 0 amide bonds. The number of rotatable bonds is 7. The Morgan fingerprint density at radius 2 is 2.12 bits per heavy atom. The Hall–Kier alpha value is -1.81. The molecule has 1 aliphatic rings.